The summed E-state index contributed by atoms with van der Waals surface area (Å²) in [5.41, 5.74) is 1.60. The van der Waals surface area contributed by atoms with Gasteiger partial charge in [-0.15, -0.1) is 11.3 Å². The largest absolute Gasteiger partial charge is 0.462 e. The lowest BCUT2D eigenvalue weighted by Gasteiger charge is -2.11. The van der Waals surface area contributed by atoms with E-state index in [4.69, 9.17) is 13.6 Å². The first-order valence-electron chi connectivity index (χ1n) is 7.88. The molecule has 4 rings (SSSR count). The lowest BCUT2D eigenvalue weighted by molar-refractivity contribution is -0.148. The molecule has 0 saturated heterocycles. The number of carbonyl (C=O) groups excluding carboxylic acids is 1. The number of thiazole rings is 1. The predicted molar refractivity (Wildman–Crippen MR) is 94.8 cm³/mol. The summed E-state index contributed by atoms with van der Waals surface area (Å²) in [7, 11) is 0. The fraction of sp³-hybridized carbons (Fsp3) is 0.167. The van der Waals surface area contributed by atoms with Gasteiger partial charge in [0.1, 0.15) is 12.6 Å². The SMILES string of the molecule is CC(C(=O)OCc1csc(-c2ccco2)n1)n1c(=O)oc2ccccc21. The molecular formula is C18H14N2O5S. The molecule has 3 heterocycles. The molecule has 0 saturated carbocycles. The van der Waals surface area contributed by atoms with Crippen molar-refractivity contribution in [1.82, 2.24) is 9.55 Å². The lowest BCUT2D eigenvalue weighted by Crippen LogP contribution is -2.26. The van der Waals surface area contributed by atoms with Crippen molar-refractivity contribution >= 4 is 28.4 Å². The Kier molecular flexibility index (Phi) is 4.18. The van der Waals surface area contributed by atoms with Crippen LogP contribution < -0.4 is 5.76 Å². The van der Waals surface area contributed by atoms with E-state index in [2.05, 4.69) is 4.98 Å². The molecule has 0 N–H and O–H groups in total. The van der Waals surface area contributed by atoms with Gasteiger partial charge in [-0.3, -0.25) is 4.57 Å². The Balaban J connectivity index is 1.48. The fourth-order valence-electron chi connectivity index (χ4n) is 2.61. The quantitative estimate of drug-likeness (QED) is 0.499. The van der Waals surface area contributed by atoms with E-state index in [1.165, 1.54) is 15.9 Å². The Bertz CT molecular complexity index is 1110. The first kappa shape index (κ1) is 16.3. The van der Waals surface area contributed by atoms with Crippen molar-refractivity contribution in [3.05, 3.63) is 64.3 Å². The van der Waals surface area contributed by atoms with Crippen LogP contribution in [0.4, 0.5) is 0 Å². The van der Waals surface area contributed by atoms with E-state index in [-0.39, 0.29) is 6.61 Å². The molecule has 0 fully saturated rings. The number of nitrogens with zero attached hydrogens (tertiary/aromatic N) is 2. The smallest absolute Gasteiger partial charge is 0.420 e. The standard InChI is InChI=1S/C18H14N2O5S/c1-11(20-13-5-2-3-6-14(13)25-18(20)22)17(21)24-9-12-10-26-16(19-12)15-7-4-8-23-15/h2-8,10-11H,9H2,1H3. The number of aromatic nitrogens is 2. The van der Waals surface area contributed by atoms with Gasteiger partial charge in [-0.25, -0.2) is 14.6 Å². The van der Waals surface area contributed by atoms with E-state index in [1.54, 1.807) is 48.9 Å². The van der Waals surface area contributed by atoms with Crippen molar-refractivity contribution in [1.29, 1.82) is 0 Å². The number of rotatable bonds is 5. The molecule has 3 aromatic heterocycles. The number of hydrogen-bond acceptors (Lipinski definition) is 7. The van der Waals surface area contributed by atoms with Crippen molar-refractivity contribution < 1.29 is 18.4 Å². The van der Waals surface area contributed by atoms with Gasteiger partial charge in [-0.05, 0) is 31.2 Å². The van der Waals surface area contributed by atoms with Crippen LogP contribution in [0.15, 0.2) is 61.7 Å². The third kappa shape index (κ3) is 2.95. The number of oxazole rings is 1. The second-order valence-electron chi connectivity index (χ2n) is 5.61. The number of furan rings is 1. The van der Waals surface area contributed by atoms with Crippen molar-refractivity contribution in [2.45, 2.75) is 19.6 Å². The van der Waals surface area contributed by atoms with E-state index < -0.39 is 17.8 Å². The fourth-order valence-corrected chi connectivity index (χ4v) is 3.38. The summed E-state index contributed by atoms with van der Waals surface area (Å²) in [4.78, 5) is 28.8. The van der Waals surface area contributed by atoms with Crippen molar-refractivity contribution in [2.24, 2.45) is 0 Å². The van der Waals surface area contributed by atoms with Gasteiger partial charge in [0.05, 0.1) is 17.5 Å². The van der Waals surface area contributed by atoms with Crippen LogP contribution in [-0.4, -0.2) is 15.5 Å². The second-order valence-corrected chi connectivity index (χ2v) is 6.47. The van der Waals surface area contributed by atoms with Crippen LogP contribution >= 0.6 is 11.3 Å². The topological polar surface area (TPSA) is 87.5 Å². The molecule has 1 atom stereocenters. The minimum absolute atomic E-state index is 0.0188. The molecule has 8 heteroatoms. The Labute approximate surface area is 151 Å². The zero-order valence-electron chi connectivity index (χ0n) is 13.7. The van der Waals surface area contributed by atoms with Crippen molar-refractivity contribution in [2.75, 3.05) is 0 Å². The summed E-state index contributed by atoms with van der Waals surface area (Å²) in [6.45, 7) is 1.62. The summed E-state index contributed by atoms with van der Waals surface area (Å²) in [6, 6.07) is 9.72. The van der Waals surface area contributed by atoms with Gasteiger partial charge in [-0.1, -0.05) is 12.1 Å². The van der Waals surface area contributed by atoms with Crippen LogP contribution in [0.2, 0.25) is 0 Å². The van der Waals surface area contributed by atoms with Gasteiger partial charge in [0.15, 0.2) is 16.4 Å². The number of para-hydroxylation sites is 2. The van der Waals surface area contributed by atoms with Gasteiger partial charge < -0.3 is 13.6 Å². The minimum Gasteiger partial charge on any atom is -0.462 e. The first-order valence-corrected chi connectivity index (χ1v) is 8.76. The highest BCUT2D eigenvalue weighted by Crippen LogP contribution is 2.24. The van der Waals surface area contributed by atoms with Crippen LogP contribution in [0.25, 0.3) is 21.9 Å². The third-order valence-electron chi connectivity index (χ3n) is 3.89. The maximum Gasteiger partial charge on any atom is 0.420 e. The van der Waals surface area contributed by atoms with Gasteiger partial charge in [0.2, 0.25) is 0 Å². The third-order valence-corrected chi connectivity index (χ3v) is 4.80. The summed E-state index contributed by atoms with van der Waals surface area (Å²) in [5, 5.41) is 2.51. The summed E-state index contributed by atoms with van der Waals surface area (Å²) in [6.07, 6.45) is 1.57. The highest BCUT2D eigenvalue weighted by atomic mass is 32.1. The highest BCUT2D eigenvalue weighted by molar-refractivity contribution is 7.13. The number of hydrogen-bond donors (Lipinski definition) is 0. The number of ether oxygens (including phenoxy) is 1. The monoisotopic (exact) mass is 370 g/mol. The number of fused-ring (bicyclic) bond motifs is 1. The van der Waals surface area contributed by atoms with E-state index in [0.717, 1.165) is 0 Å². The van der Waals surface area contributed by atoms with Crippen molar-refractivity contribution in [3.63, 3.8) is 0 Å². The highest BCUT2D eigenvalue weighted by Gasteiger charge is 2.23. The molecule has 1 unspecified atom stereocenters. The van der Waals surface area contributed by atoms with Gasteiger partial charge in [-0.2, -0.15) is 0 Å². The van der Waals surface area contributed by atoms with Gasteiger partial charge in [0.25, 0.3) is 0 Å². The van der Waals surface area contributed by atoms with E-state index in [0.29, 0.717) is 27.6 Å². The molecule has 0 amide bonds. The Hall–Kier alpha value is -3.13. The molecule has 1 aromatic carbocycles. The molecule has 7 nitrogen and oxygen atoms in total. The average molecular weight is 370 g/mol. The second kappa shape index (κ2) is 6.64. The molecule has 0 spiro atoms. The van der Waals surface area contributed by atoms with Gasteiger partial charge in [0, 0.05) is 5.38 Å². The average Bonchev–Trinajstić information content (AvgIpc) is 3.37. The Morgan fingerprint density at radius 3 is 2.96 bits per heavy atom. The zero-order chi connectivity index (χ0) is 18.1. The number of esters is 1. The number of carbonyl (C=O) groups is 1. The van der Waals surface area contributed by atoms with E-state index in [9.17, 15) is 9.59 Å². The minimum atomic E-state index is -0.811. The Morgan fingerprint density at radius 1 is 1.31 bits per heavy atom. The lowest BCUT2D eigenvalue weighted by atomic mass is 10.3. The summed E-state index contributed by atoms with van der Waals surface area (Å²) in [5.74, 6) is -0.465. The van der Waals surface area contributed by atoms with Crippen LogP contribution in [0.5, 0.6) is 0 Å². The Morgan fingerprint density at radius 2 is 2.15 bits per heavy atom. The van der Waals surface area contributed by atoms with Gasteiger partial charge >= 0.3 is 11.7 Å². The van der Waals surface area contributed by atoms with Crippen LogP contribution in [0.1, 0.15) is 18.7 Å². The molecule has 0 bridgehead atoms. The predicted octanol–water partition coefficient (Wildman–Crippen LogP) is 3.62. The van der Waals surface area contributed by atoms with E-state index in [1.807, 2.05) is 6.07 Å². The molecule has 26 heavy (non-hydrogen) atoms. The molecule has 132 valence electrons. The maximum absolute atomic E-state index is 12.4. The normalized spacial score (nSPS) is 12.3. The first-order chi connectivity index (χ1) is 12.6. The van der Waals surface area contributed by atoms with Crippen LogP contribution in [0, 0.1) is 0 Å². The van der Waals surface area contributed by atoms with Crippen LogP contribution in [0.3, 0.4) is 0 Å². The molecule has 0 aliphatic heterocycles. The summed E-state index contributed by atoms with van der Waals surface area (Å²) >= 11 is 1.40. The van der Waals surface area contributed by atoms with Crippen molar-refractivity contribution in [3.8, 4) is 10.8 Å². The maximum atomic E-state index is 12.4. The number of benzene rings is 1. The van der Waals surface area contributed by atoms with Crippen LogP contribution in [-0.2, 0) is 16.1 Å². The molecule has 0 radical (unpaired) electrons. The molecule has 4 aromatic rings. The molecule has 0 aliphatic carbocycles. The summed E-state index contributed by atoms with van der Waals surface area (Å²) < 4.78 is 17.1. The zero-order valence-corrected chi connectivity index (χ0v) is 14.6. The van der Waals surface area contributed by atoms with E-state index >= 15 is 0 Å². The molecule has 0 aliphatic rings. The molecular weight excluding hydrogens is 356 g/mol.